The Hall–Kier alpha value is -1.59. The lowest BCUT2D eigenvalue weighted by Gasteiger charge is -2.22. The van der Waals surface area contributed by atoms with E-state index in [4.69, 9.17) is 9.57 Å². The Balaban J connectivity index is 2.34. The Morgan fingerprint density at radius 1 is 1.35 bits per heavy atom. The standard InChI is InChI=1S/C15H24N2O3/c1-15(2,3)16-10-13(18)11-20-17-9-12-7-5-6-8-14(12)19-4/h5-9,13,16,18H,10-11H2,1-4H3/b17-9+. The van der Waals surface area contributed by atoms with Crippen LogP contribution in [0, 0.1) is 0 Å². The number of para-hydroxylation sites is 1. The summed E-state index contributed by atoms with van der Waals surface area (Å²) in [6, 6.07) is 7.51. The second-order valence-corrected chi connectivity index (χ2v) is 5.56. The van der Waals surface area contributed by atoms with Gasteiger partial charge in [0.15, 0.2) is 0 Å². The summed E-state index contributed by atoms with van der Waals surface area (Å²) in [5.74, 6) is 0.731. The van der Waals surface area contributed by atoms with Crippen molar-refractivity contribution in [1.82, 2.24) is 5.32 Å². The van der Waals surface area contributed by atoms with Crippen LogP contribution in [0.25, 0.3) is 0 Å². The first-order valence-corrected chi connectivity index (χ1v) is 6.64. The molecule has 0 fully saturated rings. The fourth-order valence-electron chi connectivity index (χ4n) is 1.48. The molecule has 0 amide bonds. The van der Waals surface area contributed by atoms with Gasteiger partial charge in [0.2, 0.25) is 0 Å². The second-order valence-electron chi connectivity index (χ2n) is 5.56. The molecule has 0 heterocycles. The lowest BCUT2D eigenvalue weighted by atomic mass is 10.1. The zero-order valence-corrected chi connectivity index (χ0v) is 12.6. The van der Waals surface area contributed by atoms with Gasteiger partial charge in [-0.25, -0.2) is 0 Å². The fourth-order valence-corrected chi connectivity index (χ4v) is 1.48. The van der Waals surface area contributed by atoms with Crippen molar-refractivity contribution in [3.63, 3.8) is 0 Å². The van der Waals surface area contributed by atoms with Crippen LogP contribution in [0.2, 0.25) is 0 Å². The minimum Gasteiger partial charge on any atom is -0.496 e. The van der Waals surface area contributed by atoms with Crippen LogP contribution in [-0.2, 0) is 4.84 Å². The Bertz CT molecular complexity index is 427. The molecule has 0 aromatic heterocycles. The number of nitrogens with one attached hydrogen (secondary N) is 1. The van der Waals surface area contributed by atoms with Crippen molar-refractivity contribution >= 4 is 6.21 Å². The highest BCUT2D eigenvalue weighted by molar-refractivity contribution is 5.82. The highest BCUT2D eigenvalue weighted by Crippen LogP contribution is 2.14. The van der Waals surface area contributed by atoms with Gasteiger partial charge in [-0.1, -0.05) is 17.3 Å². The molecule has 0 spiro atoms. The van der Waals surface area contributed by atoms with Gasteiger partial charge >= 0.3 is 0 Å². The first-order chi connectivity index (χ1) is 9.42. The number of oxime groups is 1. The molecule has 0 aliphatic heterocycles. The Morgan fingerprint density at radius 2 is 2.05 bits per heavy atom. The number of β-amino-alcohol motifs (C(OH)–C–C–N with tert-alkyl or cyclic N) is 1. The quantitative estimate of drug-likeness (QED) is 0.590. The maximum atomic E-state index is 9.72. The summed E-state index contributed by atoms with van der Waals surface area (Å²) < 4.78 is 5.19. The summed E-state index contributed by atoms with van der Waals surface area (Å²) in [6.45, 7) is 6.74. The van der Waals surface area contributed by atoms with Gasteiger partial charge < -0.3 is 20.0 Å². The highest BCUT2D eigenvalue weighted by Gasteiger charge is 2.12. The average Bonchev–Trinajstić information content (AvgIpc) is 2.41. The fraction of sp³-hybridized carbons (Fsp3) is 0.533. The summed E-state index contributed by atoms with van der Waals surface area (Å²) in [7, 11) is 1.61. The predicted molar refractivity (Wildman–Crippen MR) is 80.3 cm³/mol. The molecule has 1 aromatic rings. The van der Waals surface area contributed by atoms with Crippen LogP contribution < -0.4 is 10.1 Å². The molecule has 2 N–H and O–H groups in total. The SMILES string of the molecule is COc1ccccc1/C=N/OCC(O)CNC(C)(C)C. The number of aliphatic hydroxyl groups is 1. The van der Waals surface area contributed by atoms with Crippen molar-refractivity contribution in [2.45, 2.75) is 32.4 Å². The number of benzene rings is 1. The molecule has 20 heavy (non-hydrogen) atoms. The molecule has 1 rings (SSSR count). The summed E-state index contributed by atoms with van der Waals surface area (Å²) in [6.07, 6.45) is 0.979. The van der Waals surface area contributed by atoms with Crippen molar-refractivity contribution in [3.05, 3.63) is 29.8 Å². The van der Waals surface area contributed by atoms with E-state index in [0.717, 1.165) is 11.3 Å². The molecule has 0 aliphatic carbocycles. The Labute approximate surface area is 120 Å². The predicted octanol–water partition coefficient (Wildman–Crippen LogP) is 1.79. The number of rotatable bonds is 7. The van der Waals surface area contributed by atoms with E-state index in [1.807, 2.05) is 45.0 Å². The second kappa shape index (κ2) is 7.87. The van der Waals surface area contributed by atoms with E-state index in [1.54, 1.807) is 13.3 Å². The van der Waals surface area contributed by atoms with Crippen LogP contribution in [0.1, 0.15) is 26.3 Å². The van der Waals surface area contributed by atoms with Gasteiger partial charge in [-0.2, -0.15) is 0 Å². The molecule has 5 nitrogen and oxygen atoms in total. The molecule has 0 radical (unpaired) electrons. The van der Waals surface area contributed by atoms with Gasteiger partial charge in [-0.3, -0.25) is 0 Å². The van der Waals surface area contributed by atoms with Gasteiger partial charge in [0.25, 0.3) is 0 Å². The third kappa shape index (κ3) is 6.54. The molecule has 112 valence electrons. The topological polar surface area (TPSA) is 63.1 Å². The van der Waals surface area contributed by atoms with Crippen LogP contribution in [0.5, 0.6) is 5.75 Å². The summed E-state index contributed by atoms with van der Waals surface area (Å²) in [5.41, 5.74) is 0.805. The van der Waals surface area contributed by atoms with E-state index in [1.165, 1.54) is 0 Å². The minimum atomic E-state index is -0.593. The molecule has 1 aromatic carbocycles. The monoisotopic (exact) mass is 280 g/mol. The largest absolute Gasteiger partial charge is 0.496 e. The van der Waals surface area contributed by atoms with Crippen molar-refractivity contribution in [1.29, 1.82) is 0 Å². The maximum absolute atomic E-state index is 9.72. The van der Waals surface area contributed by atoms with Gasteiger partial charge in [-0.05, 0) is 32.9 Å². The molecule has 0 saturated heterocycles. The maximum Gasteiger partial charge on any atom is 0.144 e. The lowest BCUT2D eigenvalue weighted by Crippen LogP contribution is -2.42. The van der Waals surface area contributed by atoms with Crippen molar-refractivity contribution < 1.29 is 14.7 Å². The number of hydrogen-bond acceptors (Lipinski definition) is 5. The molecule has 0 bridgehead atoms. The van der Waals surface area contributed by atoms with E-state index >= 15 is 0 Å². The number of nitrogens with zero attached hydrogens (tertiary/aromatic N) is 1. The first-order valence-electron chi connectivity index (χ1n) is 6.64. The van der Waals surface area contributed by atoms with Crippen LogP contribution in [0.15, 0.2) is 29.4 Å². The van der Waals surface area contributed by atoms with Crippen LogP contribution in [-0.4, -0.2) is 43.2 Å². The van der Waals surface area contributed by atoms with E-state index in [0.29, 0.717) is 6.54 Å². The number of ether oxygens (including phenoxy) is 1. The molecule has 0 aliphatic rings. The number of aliphatic hydroxyl groups excluding tert-OH is 1. The third-order valence-corrected chi connectivity index (χ3v) is 2.54. The van der Waals surface area contributed by atoms with Gasteiger partial charge in [-0.15, -0.1) is 0 Å². The van der Waals surface area contributed by atoms with E-state index < -0.39 is 6.10 Å². The van der Waals surface area contributed by atoms with E-state index in [2.05, 4.69) is 10.5 Å². The van der Waals surface area contributed by atoms with Crippen LogP contribution in [0.4, 0.5) is 0 Å². The molecule has 1 unspecified atom stereocenters. The number of hydrogen-bond donors (Lipinski definition) is 2. The summed E-state index contributed by atoms with van der Waals surface area (Å²) in [4.78, 5) is 5.09. The first kappa shape index (κ1) is 16.5. The van der Waals surface area contributed by atoms with Crippen molar-refractivity contribution in [2.24, 2.45) is 5.16 Å². The van der Waals surface area contributed by atoms with Gasteiger partial charge in [0.1, 0.15) is 18.5 Å². The molecular formula is C15H24N2O3. The van der Waals surface area contributed by atoms with Crippen molar-refractivity contribution in [2.75, 3.05) is 20.3 Å². The summed E-state index contributed by atoms with van der Waals surface area (Å²) in [5, 5.41) is 16.8. The number of methoxy groups -OCH3 is 1. The zero-order chi connectivity index (χ0) is 15.0. The van der Waals surface area contributed by atoms with Gasteiger partial charge in [0.05, 0.1) is 13.3 Å². The van der Waals surface area contributed by atoms with Crippen molar-refractivity contribution in [3.8, 4) is 5.75 Å². The van der Waals surface area contributed by atoms with Crippen LogP contribution in [0.3, 0.4) is 0 Å². The molecule has 0 saturated carbocycles. The normalized spacial score (nSPS) is 13.4. The van der Waals surface area contributed by atoms with E-state index in [-0.39, 0.29) is 12.1 Å². The average molecular weight is 280 g/mol. The smallest absolute Gasteiger partial charge is 0.144 e. The highest BCUT2D eigenvalue weighted by atomic mass is 16.6. The molecule has 1 atom stereocenters. The Morgan fingerprint density at radius 3 is 2.70 bits per heavy atom. The lowest BCUT2D eigenvalue weighted by molar-refractivity contribution is 0.0379. The molecule has 5 heteroatoms. The van der Waals surface area contributed by atoms with E-state index in [9.17, 15) is 5.11 Å². The van der Waals surface area contributed by atoms with Crippen LogP contribution >= 0.6 is 0 Å². The van der Waals surface area contributed by atoms with Gasteiger partial charge in [0, 0.05) is 17.6 Å². The Kier molecular flexibility index (Phi) is 6.48. The molecular weight excluding hydrogens is 256 g/mol. The third-order valence-electron chi connectivity index (χ3n) is 2.54. The minimum absolute atomic E-state index is 0.0261. The zero-order valence-electron chi connectivity index (χ0n) is 12.6. The summed E-state index contributed by atoms with van der Waals surface area (Å²) >= 11 is 0.